The first-order valence-electron chi connectivity index (χ1n) is 9.54. The molecule has 2 heterocycles. The van der Waals surface area contributed by atoms with E-state index in [0.717, 1.165) is 25.1 Å². The van der Waals surface area contributed by atoms with E-state index < -0.39 is 0 Å². The molecule has 0 fully saturated rings. The summed E-state index contributed by atoms with van der Waals surface area (Å²) in [6.07, 6.45) is 3.61. The van der Waals surface area contributed by atoms with E-state index in [2.05, 4.69) is 26.1 Å². The average Bonchev–Trinajstić information content (AvgIpc) is 2.50. The minimum Gasteiger partial charge on any atom is -0.367 e. The van der Waals surface area contributed by atoms with Crippen molar-refractivity contribution in [3.63, 3.8) is 0 Å². The highest BCUT2D eigenvalue weighted by Crippen LogP contribution is 2.27. The molecule has 0 saturated heterocycles. The molecule has 1 unspecified atom stereocenters. The molecule has 1 aromatic rings. The van der Waals surface area contributed by atoms with Gasteiger partial charge in [-0.15, -0.1) is 0 Å². The van der Waals surface area contributed by atoms with Gasteiger partial charge < -0.3 is 5.32 Å². The molecule has 5 heteroatoms. The summed E-state index contributed by atoms with van der Waals surface area (Å²) >= 11 is 0. The van der Waals surface area contributed by atoms with Crippen molar-refractivity contribution < 1.29 is 4.79 Å². The van der Waals surface area contributed by atoms with E-state index in [1.165, 1.54) is 0 Å². The zero-order chi connectivity index (χ0) is 18.8. The number of aromatic nitrogens is 2. The van der Waals surface area contributed by atoms with Gasteiger partial charge in [0, 0.05) is 31.3 Å². The van der Waals surface area contributed by atoms with Crippen molar-refractivity contribution in [1.29, 1.82) is 0 Å². The van der Waals surface area contributed by atoms with Gasteiger partial charge in [0.25, 0.3) is 5.56 Å². The van der Waals surface area contributed by atoms with Gasteiger partial charge in [-0.1, -0.05) is 34.6 Å². The fraction of sp³-hybridized carbons (Fsp3) is 0.750. The molecule has 1 aliphatic heterocycles. The summed E-state index contributed by atoms with van der Waals surface area (Å²) in [4.78, 5) is 30.4. The van der Waals surface area contributed by atoms with Crippen LogP contribution >= 0.6 is 0 Å². The van der Waals surface area contributed by atoms with Crippen LogP contribution in [0, 0.1) is 5.41 Å². The standard InChI is InChI=1S/C20H33N3O2/c1-7-14(3)21-17-16(11-15(24)12-20(4,5)6)19(25)23-10-8-9-13(2)18(23)22-17/h13-14,21H,7-12H2,1-6H3/t13?,14-/m1/s1. The number of carbonyl (C=O) groups is 1. The van der Waals surface area contributed by atoms with E-state index >= 15 is 0 Å². The van der Waals surface area contributed by atoms with Crippen LogP contribution in [0.15, 0.2) is 4.79 Å². The molecule has 0 bridgehead atoms. The van der Waals surface area contributed by atoms with Gasteiger partial charge in [-0.2, -0.15) is 0 Å². The largest absolute Gasteiger partial charge is 0.367 e. The number of carbonyl (C=O) groups excluding carboxylic acids is 1. The molecule has 0 spiro atoms. The molecule has 25 heavy (non-hydrogen) atoms. The molecule has 5 nitrogen and oxygen atoms in total. The van der Waals surface area contributed by atoms with E-state index in [9.17, 15) is 9.59 Å². The number of hydrogen-bond acceptors (Lipinski definition) is 4. The maximum atomic E-state index is 13.1. The van der Waals surface area contributed by atoms with E-state index in [1.54, 1.807) is 4.57 Å². The maximum Gasteiger partial charge on any atom is 0.259 e. The number of Topliss-reactive ketones (excluding diaryl/α,β-unsaturated/α-hetero) is 1. The van der Waals surface area contributed by atoms with Crippen LogP contribution in [0.1, 0.15) is 84.5 Å². The molecule has 0 aromatic carbocycles. The summed E-state index contributed by atoms with van der Waals surface area (Å²) in [7, 11) is 0. The zero-order valence-corrected chi connectivity index (χ0v) is 16.6. The fourth-order valence-corrected chi connectivity index (χ4v) is 3.35. The highest BCUT2D eigenvalue weighted by Gasteiger charge is 2.26. The van der Waals surface area contributed by atoms with Crippen molar-refractivity contribution >= 4 is 11.6 Å². The lowest BCUT2D eigenvalue weighted by Crippen LogP contribution is -2.35. The van der Waals surface area contributed by atoms with Crippen molar-refractivity contribution in [2.75, 3.05) is 5.32 Å². The van der Waals surface area contributed by atoms with Crippen LogP contribution < -0.4 is 10.9 Å². The first-order valence-corrected chi connectivity index (χ1v) is 9.54. The van der Waals surface area contributed by atoms with Gasteiger partial charge in [-0.05, 0) is 31.6 Å². The lowest BCUT2D eigenvalue weighted by atomic mass is 9.88. The van der Waals surface area contributed by atoms with Gasteiger partial charge in [0.1, 0.15) is 17.4 Å². The van der Waals surface area contributed by atoms with Crippen molar-refractivity contribution in [2.45, 2.75) is 92.2 Å². The number of rotatable bonds is 6. The quantitative estimate of drug-likeness (QED) is 0.848. The van der Waals surface area contributed by atoms with Crippen LogP contribution in [0.3, 0.4) is 0 Å². The summed E-state index contributed by atoms with van der Waals surface area (Å²) in [5, 5.41) is 3.36. The maximum absolute atomic E-state index is 13.1. The van der Waals surface area contributed by atoms with Crippen LogP contribution in [0.25, 0.3) is 0 Å². The molecule has 2 rings (SSSR count). The summed E-state index contributed by atoms with van der Waals surface area (Å²) in [5.74, 6) is 1.84. The topological polar surface area (TPSA) is 64.0 Å². The number of anilines is 1. The lowest BCUT2D eigenvalue weighted by Gasteiger charge is -2.26. The molecule has 140 valence electrons. The second kappa shape index (κ2) is 7.71. The van der Waals surface area contributed by atoms with Crippen LogP contribution in [-0.4, -0.2) is 21.4 Å². The summed E-state index contributed by atoms with van der Waals surface area (Å²) in [5.41, 5.74) is 0.422. The lowest BCUT2D eigenvalue weighted by molar-refractivity contribution is -0.120. The average molecular weight is 348 g/mol. The zero-order valence-electron chi connectivity index (χ0n) is 16.6. The van der Waals surface area contributed by atoms with Crippen molar-refractivity contribution in [2.24, 2.45) is 5.41 Å². The predicted molar refractivity (Wildman–Crippen MR) is 102 cm³/mol. The second-order valence-electron chi connectivity index (χ2n) is 8.70. The molecule has 1 N–H and O–H groups in total. The monoisotopic (exact) mass is 347 g/mol. The minimum absolute atomic E-state index is 0.0374. The summed E-state index contributed by atoms with van der Waals surface area (Å²) in [6, 6.07) is 0.213. The normalized spacial score (nSPS) is 18.6. The van der Waals surface area contributed by atoms with Crippen molar-refractivity contribution in [3.05, 3.63) is 21.7 Å². The Morgan fingerprint density at radius 2 is 2.08 bits per heavy atom. The van der Waals surface area contributed by atoms with Crippen LogP contribution in [0.5, 0.6) is 0 Å². The smallest absolute Gasteiger partial charge is 0.259 e. The number of nitrogens with one attached hydrogen (secondary N) is 1. The predicted octanol–water partition coefficient (Wildman–Crippen LogP) is 3.90. The Balaban J connectivity index is 2.44. The van der Waals surface area contributed by atoms with Crippen LogP contribution in [-0.2, 0) is 17.8 Å². The Bertz CT molecular complexity index is 685. The van der Waals surface area contributed by atoms with E-state index in [0.29, 0.717) is 24.3 Å². The van der Waals surface area contributed by atoms with Crippen LogP contribution in [0.4, 0.5) is 5.82 Å². The van der Waals surface area contributed by atoms with Crippen LogP contribution in [0.2, 0.25) is 0 Å². The van der Waals surface area contributed by atoms with Gasteiger partial charge in [0.15, 0.2) is 0 Å². The highest BCUT2D eigenvalue weighted by atomic mass is 16.1. The van der Waals surface area contributed by atoms with Gasteiger partial charge in [0.05, 0.1) is 5.56 Å². The minimum atomic E-state index is -0.0757. The van der Waals surface area contributed by atoms with Gasteiger partial charge in [-0.3, -0.25) is 14.2 Å². The Morgan fingerprint density at radius 1 is 1.40 bits per heavy atom. The number of hydrogen-bond donors (Lipinski definition) is 1. The molecule has 0 radical (unpaired) electrons. The number of fused-ring (bicyclic) bond motifs is 1. The second-order valence-corrected chi connectivity index (χ2v) is 8.70. The first kappa shape index (κ1) is 19.7. The van der Waals surface area contributed by atoms with Gasteiger partial charge in [0.2, 0.25) is 0 Å². The number of nitrogens with zero attached hydrogens (tertiary/aromatic N) is 2. The Kier molecular flexibility index (Phi) is 6.07. The van der Waals surface area contributed by atoms with E-state index in [4.69, 9.17) is 4.98 Å². The molecule has 1 aromatic heterocycles. The van der Waals surface area contributed by atoms with E-state index in [1.807, 2.05) is 20.8 Å². The van der Waals surface area contributed by atoms with E-state index in [-0.39, 0.29) is 35.1 Å². The van der Waals surface area contributed by atoms with Gasteiger partial charge in [-0.25, -0.2) is 4.98 Å². The van der Waals surface area contributed by atoms with Crippen molar-refractivity contribution in [1.82, 2.24) is 9.55 Å². The Hall–Kier alpha value is -1.65. The van der Waals surface area contributed by atoms with Gasteiger partial charge >= 0.3 is 0 Å². The molecule has 1 aliphatic rings. The SMILES string of the molecule is CC[C@@H](C)Nc1nc2n(c(=O)c1CC(=O)CC(C)(C)C)CCCC2C. The first-order chi connectivity index (χ1) is 11.6. The molecule has 0 aliphatic carbocycles. The molecular weight excluding hydrogens is 314 g/mol. The Morgan fingerprint density at radius 3 is 2.68 bits per heavy atom. The molecule has 2 atom stereocenters. The highest BCUT2D eigenvalue weighted by molar-refractivity contribution is 5.82. The third kappa shape index (κ3) is 4.93. The Labute approximate surface area is 151 Å². The molecule has 0 amide bonds. The van der Waals surface area contributed by atoms with Crippen molar-refractivity contribution in [3.8, 4) is 0 Å². The summed E-state index contributed by atoms with van der Waals surface area (Å²) in [6.45, 7) is 13.1. The number of ketones is 1. The third-order valence-electron chi connectivity index (χ3n) is 4.85. The molecular formula is C20H33N3O2. The third-order valence-corrected chi connectivity index (χ3v) is 4.85. The fourth-order valence-electron chi connectivity index (χ4n) is 3.35. The molecule has 0 saturated carbocycles. The summed E-state index contributed by atoms with van der Waals surface area (Å²) < 4.78 is 1.79.